The number of pyridine rings is 1. The number of hydrogen-bond donors (Lipinski definition) is 3. The van der Waals surface area contributed by atoms with Gasteiger partial charge >= 0.3 is 11.8 Å². The third-order valence-corrected chi connectivity index (χ3v) is 3.38. The van der Waals surface area contributed by atoms with Gasteiger partial charge in [0.15, 0.2) is 0 Å². The molecule has 0 spiro atoms. The number of nitrogens with one attached hydrogen (secondary N) is 2. The minimum absolute atomic E-state index is 0.0377. The summed E-state index contributed by atoms with van der Waals surface area (Å²) in [6.07, 6.45) is 3.42. The molecule has 1 fully saturated rings. The van der Waals surface area contributed by atoms with Crippen LogP contribution in [0, 0.1) is 10.1 Å². The van der Waals surface area contributed by atoms with Crippen LogP contribution in [0.15, 0.2) is 18.3 Å². The molecule has 108 valence electrons. The Hall–Kier alpha value is -2.38. The van der Waals surface area contributed by atoms with Crippen LogP contribution in [0.25, 0.3) is 0 Å². The lowest BCUT2D eigenvalue weighted by atomic mass is 9.91. The maximum Gasteiger partial charge on any atom is 0.404 e. The molecule has 8 heteroatoms. The summed E-state index contributed by atoms with van der Waals surface area (Å²) in [5, 5.41) is 25.1. The van der Waals surface area contributed by atoms with E-state index in [4.69, 9.17) is 5.11 Å². The molecule has 8 nitrogen and oxygen atoms in total. The van der Waals surface area contributed by atoms with Crippen molar-refractivity contribution in [3.63, 3.8) is 0 Å². The molecule has 0 aliphatic heterocycles. The zero-order valence-electron chi connectivity index (χ0n) is 10.8. The molecule has 1 saturated carbocycles. The fraction of sp³-hybridized carbons (Fsp3) is 0.500. The van der Waals surface area contributed by atoms with Crippen molar-refractivity contribution in [2.24, 2.45) is 0 Å². The molecule has 0 radical (unpaired) electrons. The van der Waals surface area contributed by atoms with Gasteiger partial charge in [-0.15, -0.1) is 0 Å². The lowest BCUT2D eigenvalue weighted by Crippen LogP contribution is -2.39. The van der Waals surface area contributed by atoms with Crippen molar-refractivity contribution >= 4 is 17.6 Å². The number of hydrogen-bond acceptors (Lipinski definition) is 5. The normalized spacial score (nSPS) is 22.0. The summed E-state index contributed by atoms with van der Waals surface area (Å²) in [6, 6.07) is 2.98. The van der Waals surface area contributed by atoms with E-state index in [9.17, 15) is 14.9 Å². The number of nitro groups is 1. The van der Waals surface area contributed by atoms with Gasteiger partial charge in [0.2, 0.25) is 5.82 Å². The number of nitrogens with zero attached hydrogens (tertiary/aromatic N) is 2. The average Bonchev–Trinajstić information content (AvgIpc) is 2.41. The second-order valence-corrected chi connectivity index (χ2v) is 4.77. The van der Waals surface area contributed by atoms with Crippen molar-refractivity contribution in [3.05, 3.63) is 28.4 Å². The minimum Gasteiger partial charge on any atom is -0.465 e. The highest BCUT2D eigenvalue weighted by molar-refractivity contribution is 5.64. The predicted octanol–water partition coefficient (Wildman–Crippen LogP) is 1.98. The summed E-state index contributed by atoms with van der Waals surface area (Å²) < 4.78 is 0. The maximum atomic E-state index is 10.9. The summed E-state index contributed by atoms with van der Waals surface area (Å²) in [5.41, 5.74) is -0.0433. The molecular weight excluding hydrogens is 264 g/mol. The van der Waals surface area contributed by atoms with E-state index in [2.05, 4.69) is 15.6 Å². The van der Waals surface area contributed by atoms with Crippen LogP contribution in [0.3, 0.4) is 0 Å². The summed E-state index contributed by atoms with van der Waals surface area (Å²) in [7, 11) is 0. The van der Waals surface area contributed by atoms with Crippen molar-refractivity contribution in [2.45, 2.75) is 37.8 Å². The first-order chi connectivity index (χ1) is 9.56. The van der Waals surface area contributed by atoms with Crippen molar-refractivity contribution in [1.82, 2.24) is 10.3 Å². The standard InChI is InChI=1S/C12H16N4O4/c17-12(18)15-9-5-3-8(4-6-9)14-11-10(16(19)20)2-1-7-13-11/h1-2,7-9,15H,3-6H2,(H,13,14)(H,17,18). The number of aromatic nitrogens is 1. The van der Waals surface area contributed by atoms with E-state index in [1.165, 1.54) is 18.3 Å². The van der Waals surface area contributed by atoms with Crippen LogP contribution in [0.1, 0.15) is 25.7 Å². The van der Waals surface area contributed by atoms with Crippen molar-refractivity contribution < 1.29 is 14.8 Å². The molecule has 0 bridgehead atoms. The molecule has 0 unspecified atom stereocenters. The molecule has 0 atom stereocenters. The maximum absolute atomic E-state index is 10.9. The Morgan fingerprint density at radius 2 is 2.00 bits per heavy atom. The number of carbonyl (C=O) groups is 1. The Morgan fingerprint density at radius 3 is 2.60 bits per heavy atom. The van der Waals surface area contributed by atoms with E-state index in [1.807, 2.05) is 0 Å². The minimum atomic E-state index is -1.01. The first kappa shape index (κ1) is 14.0. The number of anilines is 1. The molecule has 0 aromatic carbocycles. The first-order valence-corrected chi connectivity index (χ1v) is 6.41. The molecule has 1 heterocycles. The van der Waals surface area contributed by atoms with Gasteiger partial charge in [0, 0.05) is 24.3 Å². The summed E-state index contributed by atoms with van der Waals surface area (Å²) in [6.45, 7) is 0. The second kappa shape index (κ2) is 6.18. The highest BCUT2D eigenvalue weighted by atomic mass is 16.6. The summed E-state index contributed by atoms with van der Waals surface area (Å²) in [4.78, 5) is 25.0. The molecular formula is C12H16N4O4. The van der Waals surface area contributed by atoms with Gasteiger partial charge in [-0.3, -0.25) is 10.1 Å². The van der Waals surface area contributed by atoms with E-state index in [0.717, 1.165) is 12.8 Å². The highest BCUT2D eigenvalue weighted by Crippen LogP contribution is 2.26. The average molecular weight is 280 g/mol. The van der Waals surface area contributed by atoms with Gasteiger partial charge in [-0.05, 0) is 31.7 Å². The lowest BCUT2D eigenvalue weighted by Gasteiger charge is -2.29. The van der Waals surface area contributed by atoms with E-state index in [0.29, 0.717) is 12.8 Å². The topological polar surface area (TPSA) is 117 Å². The number of carboxylic acid groups (broad SMARTS) is 1. The van der Waals surface area contributed by atoms with Crippen LogP contribution in [0.2, 0.25) is 0 Å². The Bertz CT molecular complexity index is 500. The predicted molar refractivity (Wildman–Crippen MR) is 71.7 cm³/mol. The van der Waals surface area contributed by atoms with Gasteiger partial charge in [0.25, 0.3) is 0 Å². The summed E-state index contributed by atoms with van der Waals surface area (Å²) in [5.74, 6) is 0.271. The molecule has 1 aromatic heterocycles. The first-order valence-electron chi connectivity index (χ1n) is 6.41. The molecule has 3 N–H and O–H groups in total. The second-order valence-electron chi connectivity index (χ2n) is 4.77. The van der Waals surface area contributed by atoms with Crippen LogP contribution in [-0.4, -0.2) is 33.2 Å². The summed E-state index contributed by atoms with van der Waals surface area (Å²) >= 11 is 0. The Labute approximate surface area is 115 Å². The number of amides is 1. The molecule has 20 heavy (non-hydrogen) atoms. The smallest absolute Gasteiger partial charge is 0.404 e. The Balaban J connectivity index is 1.93. The van der Waals surface area contributed by atoms with Gasteiger partial charge in [-0.25, -0.2) is 9.78 Å². The monoisotopic (exact) mass is 280 g/mol. The van der Waals surface area contributed by atoms with Crippen LogP contribution in [0.4, 0.5) is 16.3 Å². The third kappa shape index (κ3) is 3.56. The quantitative estimate of drug-likeness (QED) is 0.573. The largest absolute Gasteiger partial charge is 0.465 e. The number of rotatable bonds is 4. The van der Waals surface area contributed by atoms with Gasteiger partial charge in [-0.1, -0.05) is 0 Å². The van der Waals surface area contributed by atoms with E-state index < -0.39 is 11.0 Å². The van der Waals surface area contributed by atoms with E-state index in [-0.39, 0.29) is 23.6 Å². The fourth-order valence-corrected chi connectivity index (χ4v) is 2.41. The van der Waals surface area contributed by atoms with E-state index >= 15 is 0 Å². The van der Waals surface area contributed by atoms with Gasteiger partial charge in [0.1, 0.15) is 0 Å². The van der Waals surface area contributed by atoms with Crippen LogP contribution >= 0.6 is 0 Å². The van der Waals surface area contributed by atoms with Crippen LogP contribution in [0.5, 0.6) is 0 Å². The highest BCUT2D eigenvalue weighted by Gasteiger charge is 2.24. The van der Waals surface area contributed by atoms with Crippen molar-refractivity contribution in [2.75, 3.05) is 5.32 Å². The fourth-order valence-electron chi connectivity index (χ4n) is 2.41. The van der Waals surface area contributed by atoms with E-state index in [1.54, 1.807) is 0 Å². The third-order valence-electron chi connectivity index (χ3n) is 3.38. The zero-order valence-corrected chi connectivity index (χ0v) is 10.8. The van der Waals surface area contributed by atoms with Gasteiger partial charge in [-0.2, -0.15) is 0 Å². The molecule has 1 aliphatic rings. The molecule has 1 aromatic rings. The van der Waals surface area contributed by atoms with Gasteiger partial charge < -0.3 is 15.7 Å². The molecule has 1 aliphatic carbocycles. The Kier molecular flexibility index (Phi) is 4.34. The Morgan fingerprint density at radius 1 is 1.35 bits per heavy atom. The van der Waals surface area contributed by atoms with Crippen molar-refractivity contribution in [1.29, 1.82) is 0 Å². The molecule has 1 amide bonds. The zero-order chi connectivity index (χ0) is 14.5. The molecule has 2 rings (SSSR count). The van der Waals surface area contributed by atoms with Crippen LogP contribution in [-0.2, 0) is 0 Å². The van der Waals surface area contributed by atoms with Crippen molar-refractivity contribution in [3.8, 4) is 0 Å². The van der Waals surface area contributed by atoms with Crippen LogP contribution < -0.4 is 10.6 Å². The lowest BCUT2D eigenvalue weighted by molar-refractivity contribution is -0.384. The van der Waals surface area contributed by atoms with Gasteiger partial charge in [0.05, 0.1) is 4.92 Å². The SMILES string of the molecule is O=C(O)NC1CCC(Nc2ncccc2[N+](=O)[O-])CC1. The molecule has 0 saturated heterocycles.